The molecule has 24 heavy (non-hydrogen) atoms. The van der Waals surface area contributed by atoms with E-state index in [0.717, 1.165) is 57.2 Å². The van der Waals surface area contributed by atoms with Gasteiger partial charge in [0.1, 0.15) is 6.10 Å². The molecule has 3 rings (SSSR count). The van der Waals surface area contributed by atoms with E-state index in [4.69, 9.17) is 4.74 Å². The van der Waals surface area contributed by atoms with Gasteiger partial charge in [-0.25, -0.2) is 0 Å². The first-order chi connectivity index (χ1) is 11.7. The van der Waals surface area contributed by atoms with E-state index >= 15 is 0 Å². The Kier molecular flexibility index (Phi) is 5.94. The molecule has 3 heteroatoms. The summed E-state index contributed by atoms with van der Waals surface area (Å²) in [7, 11) is 0. The Balaban J connectivity index is 1.78. The summed E-state index contributed by atoms with van der Waals surface area (Å²) < 4.78 is 6.08. The summed E-state index contributed by atoms with van der Waals surface area (Å²) in [4.78, 5) is 13.3. The first kappa shape index (κ1) is 17.5. The van der Waals surface area contributed by atoms with Crippen molar-refractivity contribution in [2.75, 3.05) is 13.1 Å². The predicted octanol–water partition coefficient (Wildman–Crippen LogP) is 4.21. The monoisotopic (exact) mass is 329 g/mol. The highest BCUT2D eigenvalue weighted by Gasteiger charge is 2.42. The van der Waals surface area contributed by atoms with Gasteiger partial charge < -0.3 is 10.1 Å². The molecule has 0 unspecified atom stereocenters. The van der Waals surface area contributed by atoms with Gasteiger partial charge in [0.2, 0.25) is 0 Å². The van der Waals surface area contributed by atoms with Crippen LogP contribution < -0.4 is 5.32 Å². The average molecular weight is 329 g/mol. The predicted molar refractivity (Wildman–Crippen MR) is 97.0 cm³/mol. The second kappa shape index (κ2) is 8.15. The highest BCUT2D eigenvalue weighted by molar-refractivity contribution is 5.83. The van der Waals surface area contributed by atoms with Gasteiger partial charge in [-0.15, -0.1) is 0 Å². The van der Waals surface area contributed by atoms with Crippen LogP contribution in [-0.4, -0.2) is 25.2 Å². The van der Waals surface area contributed by atoms with Crippen LogP contribution in [0.5, 0.6) is 0 Å². The molecule has 1 aromatic carbocycles. The first-order valence-corrected chi connectivity index (χ1v) is 9.70. The zero-order chi connectivity index (χ0) is 16.8. The second-order valence-electron chi connectivity index (χ2n) is 7.56. The molecule has 132 valence electrons. The van der Waals surface area contributed by atoms with E-state index in [2.05, 4.69) is 24.4 Å². The number of hydrogen-bond acceptors (Lipinski definition) is 3. The SMILES string of the molecule is C[C@H](OC(=O)C1(c2ccccc2)CCCCCC1)C1CCNCC1. The number of piperidine rings is 1. The lowest BCUT2D eigenvalue weighted by molar-refractivity contribution is -0.159. The van der Waals surface area contributed by atoms with E-state index in [9.17, 15) is 4.79 Å². The number of esters is 1. The summed E-state index contributed by atoms with van der Waals surface area (Å²) in [6, 6.07) is 10.3. The van der Waals surface area contributed by atoms with E-state index in [1.165, 1.54) is 12.8 Å². The van der Waals surface area contributed by atoms with Crippen molar-refractivity contribution >= 4 is 5.97 Å². The van der Waals surface area contributed by atoms with E-state index in [0.29, 0.717) is 5.92 Å². The van der Waals surface area contributed by atoms with Crippen LogP contribution in [0.25, 0.3) is 0 Å². The number of hydrogen-bond donors (Lipinski definition) is 1. The Morgan fingerprint density at radius 2 is 1.71 bits per heavy atom. The Morgan fingerprint density at radius 3 is 2.33 bits per heavy atom. The highest BCUT2D eigenvalue weighted by Crippen LogP contribution is 2.40. The van der Waals surface area contributed by atoms with Gasteiger partial charge in [0.15, 0.2) is 0 Å². The van der Waals surface area contributed by atoms with Gasteiger partial charge >= 0.3 is 5.97 Å². The summed E-state index contributed by atoms with van der Waals surface area (Å²) in [5, 5.41) is 3.39. The minimum absolute atomic E-state index is 0.0154. The summed E-state index contributed by atoms with van der Waals surface area (Å²) in [6.07, 6.45) is 8.77. The van der Waals surface area contributed by atoms with E-state index in [1.807, 2.05) is 18.2 Å². The quantitative estimate of drug-likeness (QED) is 0.664. The third kappa shape index (κ3) is 3.83. The van der Waals surface area contributed by atoms with Gasteiger partial charge in [0.05, 0.1) is 5.41 Å². The van der Waals surface area contributed by atoms with Gasteiger partial charge in [-0.3, -0.25) is 4.79 Å². The second-order valence-corrected chi connectivity index (χ2v) is 7.56. The van der Waals surface area contributed by atoms with Crippen molar-refractivity contribution in [1.29, 1.82) is 0 Å². The molecule has 1 atom stereocenters. The van der Waals surface area contributed by atoms with Crippen molar-refractivity contribution in [2.24, 2.45) is 5.92 Å². The molecule has 1 saturated heterocycles. The van der Waals surface area contributed by atoms with Crippen molar-refractivity contribution in [3.8, 4) is 0 Å². The molecule has 3 nitrogen and oxygen atoms in total. The van der Waals surface area contributed by atoms with Crippen molar-refractivity contribution in [3.63, 3.8) is 0 Å². The Hall–Kier alpha value is -1.35. The Labute approximate surface area is 146 Å². The molecule has 1 aliphatic heterocycles. The molecular weight excluding hydrogens is 298 g/mol. The Morgan fingerprint density at radius 1 is 1.08 bits per heavy atom. The lowest BCUT2D eigenvalue weighted by atomic mass is 9.74. The topological polar surface area (TPSA) is 38.3 Å². The largest absolute Gasteiger partial charge is 0.462 e. The van der Waals surface area contributed by atoms with Gasteiger partial charge in [0, 0.05) is 0 Å². The molecule has 2 aliphatic rings. The van der Waals surface area contributed by atoms with Gasteiger partial charge in [-0.1, -0.05) is 56.0 Å². The maximum absolute atomic E-state index is 13.3. The molecule has 0 bridgehead atoms. The molecule has 1 saturated carbocycles. The smallest absolute Gasteiger partial charge is 0.316 e. The van der Waals surface area contributed by atoms with Gasteiger partial charge in [0.25, 0.3) is 0 Å². The minimum atomic E-state index is -0.432. The maximum Gasteiger partial charge on any atom is 0.316 e. The molecule has 1 heterocycles. The number of nitrogens with one attached hydrogen (secondary N) is 1. The zero-order valence-corrected chi connectivity index (χ0v) is 14.9. The van der Waals surface area contributed by atoms with Crippen LogP contribution in [-0.2, 0) is 14.9 Å². The molecule has 1 aliphatic carbocycles. The Bertz CT molecular complexity index is 514. The summed E-state index contributed by atoms with van der Waals surface area (Å²) in [6.45, 7) is 4.16. The van der Waals surface area contributed by atoms with Gasteiger partial charge in [-0.05, 0) is 57.2 Å². The number of carbonyl (C=O) groups excluding carboxylic acids is 1. The average Bonchev–Trinajstić information content (AvgIpc) is 2.90. The van der Waals surface area contributed by atoms with Crippen molar-refractivity contribution in [1.82, 2.24) is 5.32 Å². The van der Waals surface area contributed by atoms with Crippen LogP contribution in [0.1, 0.15) is 63.9 Å². The summed E-state index contributed by atoms with van der Waals surface area (Å²) in [5.74, 6) is 0.510. The van der Waals surface area contributed by atoms with Crippen LogP contribution in [0.4, 0.5) is 0 Å². The fraction of sp³-hybridized carbons (Fsp3) is 0.667. The lowest BCUT2D eigenvalue weighted by Gasteiger charge is -2.35. The molecule has 1 aromatic rings. The van der Waals surface area contributed by atoms with Crippen LogP contribution in [0.15, 0.2) is 30.3 Å². The van der Waals surface area contributed by atoms with Crippen molar-refractivity contribution in [3.05, 3.63) is 35.9 Å². The lowest BCUT2D eigenvalue weighted by Crippen LogP contribution is -2.41. The third-order valence-corrected chi connectivity index (χ3v) is 6.01. The summed E-state index contributed by atoms with van der Waals surface area (Å²) >= 11 is 0. The third-order valence-electron chi connectivity index (χ3n) is 6.01. The molecule has 2 fully saturated rings. The van der Waals surface area contributed by atoms with E-state index in [-0.39, 0.29) is 12.1 Å². The standard InChI is InChI=1S/C21H31NO2/c1-17(18-11-15-22-16-12-18)24-20(23)21(13-7-2-3-8-14-21)19-9-5-4-6-10-19/h4-6,9-10,17-18,22H,2-3,7-8,11-16H2,1H3/t17-/m0/s1. The fourth-order valence-corrected chi connectivity index (χ4v) is 4.39. The summed E-state index contributed by atoms with van der Waals surface area (Å²) in [5.41, 5.74) is 0.716. The fourth-order valence-electron chi connectivity index (χ4n) is 4.39. The molecule has 0 aromatic heterocycles. The van der Waals surface area contributed by atoms with Crippen LogP contribution in [0, 0.1) is 5.92 Å². The molecular formula is C21H31NO2. The van der Waals surface area contributed by atoms with Crippen LogP contribution in [0.2, 0.25) is 0 Å². The molecule has 0 amide bonds. The first-order valence-electron chi connectivity index (χ1n) is 9.70. The zero-order valence-electron chi connectivity index (χ0n) is 14.9. The molecule has 1 N–H and O–H groups in total. The van der Waals surface area contributed by atoms with Gasteiger partial charge in [-0.2, -0.15) is 0 Å². The molecule has 0 spiro atoms. The van der Waals surface area contributed by atoms with Crippen LogP contribution >= 0.6 is 0 Å². The van der Waals surface area contributed by atoms with E-state index in [1.54, 1.807) is 0 Å². The number of ether oxygens (including phenoxy) is 1. The minimum Gasteiger partial charge on any atom is -0.462 e. The number of rotatable bonds is 4. The van der Waals surface area contributed by atoms with Crippen molar-refractivity contribution < 1.29 is 9.53 Å². The highest BCUT2D eigenvalue weighted by atomic mass is 16.5. The van der Waals surface area contributed by atoms with Crippen LogP contribution in [0.3, 0.4) is 0 Å². The van der Waals surface area contributed by atoms with E-state index < -0.39 is 5.41 Å². The number of benzene rings is 1. The normalized spacial score (nSPS) is 23.2. The maximum atomic E-state index is 13.3. The number of carbonyl (C=O) groups is 1. The van der Waals surface area contributed by atoms with Crippen molar-refractivity contribution in [2.45, 2.75) is 69.8 Å². The molecule has 0 radical (unpaired) electrons.